The Morgan fingerprint density at radius 1 is 1.38 bits per heavy atom. The molecule has 124 valence electrons. The van der Waals surface area contributed by atoms with Crippen molar-refractivity contribution in [3.8, 4) is 0 Å². The number of nitro groups is 1. The summed E-state index contributed by atoms with van der Waals surface area (Å²) in [5.41, 5.74) is 1.39. The zero-order chi connectivity index (χ0) is 17.1. The molecule has 3 aromatic rings. The highest BCUT2D eigenvalue weighted by atomic mass is 16.6. The van der Waals surface area contributed by atoms with Gasteiger partial charge in [-0.1, -0.05) is 0 Å². The summed E-state index contributed by atoms with van der Waals surface area (Å²) in [6, 6.07) is 8.09. The van der Waals surface area contributed by atoms with Gasteiger partial charge in [0, 0.05) is 23.2 Å². The third-order valence-electron chi connectivity index (χ3n) is 3.44. The van der Waals surface area contributed by atoms with Gasteiger partial charge < -0.3 is 15.7 Å². The van der Waals surface area contributed by atoms with Gasteiger partial charge in [0.15, 0.2) is 0 Å². The number of hydrogen-bond donors (Lipinski definition) is 4. The molecule has 3 rings (SSSR count). The minimum Gasteiger partial charge on any atom is -0.394 e. The first-order valence-electron chi connectivity index (χ1n) is 7.30. The van der Waals surface area contributed by atoms with Gasteiger partial charge in [0.25, 0.3) is 0 Å². The van der Waals surface area contributed by atoms with Crippen LogP contribution in [0.2, 0.25) is 0 Å². The molecular weight excluding hydrogens is 312 g/mol. The molecule has 1 unspecified atom stereocenters. The normalized spacial score (nSPS) is 12.1. The predicted molar refractivity (Wildman–Crippen MR) is 90.4 cm³/mol. The van der Waals surface area contributed by atoms with Gasteiger partial charge in [0.05, 0.1) is 23.2 Å². The fraction of sp³-hybridized carbons (Fsp3) is 0.200. The fourth-order valence-corrected chi connectivity index (χ4v) is 2.23. The number of benzene rings is 1. The number of rotatable bonds is 6. The first-order valence-corrected chi connectivity index (χ1v) is 7.30. The smallest absolute Gasteiger partial charge is 0.311 e. The van der Waals surface area contributed by atoms with Gasteiger partial charge in [-0.25, -0.2) is 4.98 Å². The van der Waals surface area contributed by atoms with Crippen molar-refractivity contribution >= 4 is 33.9 Å². The van der Waals surface area contributed by atoms with Crippen LogP contribution in [0.5, 0.6) is 0 Å². The molecule has 2 aromatic heterocycles. The topological polar surface area (TPSA) is 129 Å². The summed E-state index contributed by atoms with van der Waals surface area (Å²) >= 11 is 0. The van der Waals surface area contributed by atoms with E-state index in [0.29, 0.717) is 11.5 Å². The quantitative estimate of drug-likeness (QED) is 0.404. The number of hydrogen-bond acceptors (Lipinski definition) is 7. The van der Waals surface area contributed by atoms with Crippen LogP contribution < -0.4 is 10.6 Å². The minimum absolute atomic E-state index is 0.0708. The second-order valence-corrected chi connectivity index (χ2v) is 5.35. The van der Waals surface area contributed by atoms with Crippen molar-refractivity contribution < 1.29 is 10.0 Å². The molecule has 24 heavy (non-hydrogen) atoms. The number of pyridine rings is 1. The van der Waals surface area contributed by atoms with Crippen molar-refractivity contribution in [1.82, 2.24) is 15.2 Å². The van der Waals surface area contributed by atoms with Crippen molar-refractivity contribution in [3.05, 3.63) is 46.6 Å². The summed E-state index contributed by atoms with van der Waals surface area (Å²) in [7, 11) is 0. The number of nitrogens with zero attached hydrogens (tertiary/aromatic N) is 3. The van der Waals surface area contributed by atoms with Crippen molar-refractivity contribution in [2.45, 2.75) is 13.0 Å². The molecule has 2 heterocycles. The van der Waals surface area contributed by atoms with Gasteiger partial charge in [-0.3, -0.25) is 15.2 Å². The highest BCUT2D eigenvalue weighted by Gasteiger charge is 2.17. The fourth-order valence-electron chi connectivity index (χ4n) is 2.23. The van der Waals surface area contributed by atoms with E-state index in [1.807, 2.05) is 12.1 Å². The molecule has 0 aliphatic heterocycles. The van der Waals surface area contributed by atoms with E-state index in [9.17, 15) is 10.1 Å². The molecule has 0 radical (unpaired) electrons. The molecule has 0 amide bonds. The maximum absolute atomic E-state index is 11.2. The molecule has 0 saturated carbocycles. The lowest BCUT2D eigenvalue weighted by molar-refractivity contribution is -0.384. The third kappa shape index (κ3) is 3.25. The number of aliphatic hydroxyl groups excluding tert-OH is 1. The van der Waals surface area contributed by atoms with Crippen LogP contribution >= 0.6 is 0 Å². The maximum atomic E-state index is 11.2. The third-order valence-corrected chi connectivity index (χ3v) is 3.44. The zero-order valence-electron chi connectivity index (χ0n) is 12.9. The van der Waals surface area contributed by atoms with Gasteiger partial charge in [0.1, 0.15) is 5.82 Å². The predicted octanol–water partition coefficient (Wildman–Crippen LogP) is 2.40. The van der Waals surface area contributed by atoms with Crippen LogP contribution in [0.15, 0.2) is 36.5 Å². The van der Waals surface area contributed by atoms with Crippen LogP contribution in [0, 0.1) is 10.1 Å². The summed E-state index contributed by atoms with van der Waals surface area (Å²) < 4.78 is 0. The van der Waals surface area contributed by atoms with E-state index in [2.05, 4.69) is 25.8 Å². The van der Waals surface area contributed by atoms with Crippen LogP contribution in [0.1, 0.15) is 6.92 Å². The average Bonchev–Trinajstić information content (AvgIpc) is 3.02. The van der Waals surface area contributed by atoms with Gasteiger partial charge in [0.2, 0.25) is 5.82 Å². The second kappa shape index (κ2) is 6.50. The number of aliphatic hydroxyl groups is 1. The summed E-state index contributed by atoms with van der Waals surface area (Å²) in [4.78, 5) is 15.0. The van der Waals surface area contributed by atoms with Gasteiger partial charge in [-0.15, -0.1) is 0 Å². The molecule has 0 saturated heterocycles. The zero-order valence-corrected chi connectivity index (χ0v) is 12.9. The SMILES string of the molecule is CC(CO)Nc1ccc([N+](=O)[O-])c(Nc2ccc3[nH]ncc3c2)n1. The van der Waals surface area contributed by atoms with Crippen LogP contribution in [-0.2, 0) is 0 Å². The van der Waals surface area contributed by atoms with Gasteiger partial charge in [-0.2, -0.15) is 5.10 Å². The Balaban J connectivity index is 1.93. The lowest BCUT2D eigenvalue weighted by Gasteiger charge is -2.13. The van der Waals surface area contributed by atoms with Crippen LogP contribution in [0.25, 0.3) is 10.9 Å². The Morgan fingerprint density at radius 3 is 2.96 bits per heavy atom. The highest BCUT2D eigenvalue weighted by molar-refractivity contribution is 5.83. The lowest BCUT2D eigenvalue weighted by atomic mass is 10.2. The monoisotopic (exact) mass is 328 g/mol. The number of aromatic nitrogens is 3. The molecule has 0 aliphatic rings. The van der Waals surface area contributed by atoms with Crippen molar-refractivity contribution in [2.75, 3.05) is 17.2 Å². The Kier molecular flexibility index (Phi) is 4.25. The van der Waals surface area contributed by atoms with Crippen molar-refractivity contribution in [1.29, 1.82) is 0 Å². The van der Waals surface area contributed by atoms with E-state index in [1.54, 1.807) is 19.2 Å². The number of fused-ring (bicyclic) bond motifs is 1. The second-order valence-electron chi connectivity index (χ2n) is 5.35. The molecule has 0 fully saturated rings. The highest BCUT2D eigenvalue weighted by Crippen LogP contribution is 2.28. The van der Waals surface area contributed by atoms with Crippen molar-refractivity contribution in [3.63, 3.8) is 0 Å². The summed E-state index contributed by atoms with van der Waals surface area (Å²) in [5.74, 6) is 0.562. The molecular formula is C15H16N6O3. The van der Waals surface area contributed by atoms with Crippen LogP contribution in [-0.4, -0.2) is 37.9 Å². The van der Waals surface area contributed by atoms with E-state index >= 15 is 0 Å². The maximum Gasteiger partial charge on any atom is 0.311 e. The molecule has 0 aliphatic carbocycles. The molecule has 0 spiro atoms. The Hall–Kier alpha value is -3.20. The average molecular weight is 328 g/mol. The largest absolute Gasteiger partial charge is 0.394 e. The summed E-state index contributed by atoms with van der Waals surface area (Å²) in [6.07, 6.45) is 1.67. The molecule has 1 atom stereocenters. The van der Waals surface area contributed by atoms with E-state index in [-0.39, 0.29) is 24.2 Å². The first-order chi connectivity index (χ1) is 11.6. The van der Waals surface area contributed by atoms with E-state index in [0.717, 1.165) is 10.9 Å². The minimum atomic E-state index is -0.495. The lowest BCUT2D eigenvalue weighted by Crippen LogP contribution is -2.20. The molecule has 1 aromatic carbocycles. The van der Waals surface area contributed by atoms with Crippen LogP contribution in [0.3, 0.4) is 0 Å². The Morgan fingerprint density at radius 2 is 2.21 bits per heavy atom. The Labute approximate surface area is 136 Å². The summed E-state index contributed by atoms with van der Waals surface area (Å²) in [6.45, 7) is 1.71. The molecule has 4 N–H and O–H groups in total. The van der Waals surface area contributed by atoms with Crippen LogP contribution in [0.4, 0.5) is 23.0 Å². The number of H-pyrrole nitrogens is 1. The number of anilines is 3. The molecule has 9 nitrogen and oxygen atoms in total. The first kappa shape index (κ1) is 15.7. The van der Waals surface area contributed by atoms with E-state index in [1.165, 1.54) is 12.1 Å². The summed E-state index contributed by atoms with van der Waals surface area (Å²) in [5, 5.41) is 33.9. The van der Waals surface area contributed by atoms with E-state index in [4.69, 9.17) is 5.11 Å². The Bertz CT molecular complexity index is 879. The standard InChI is InChI=1S/C15H16N6O3/c1-9(8-22)17-14-5-4-13(21(23)24)15(19-14)18-11-2-3-12-10(6-11)7-16-20-12/h2-7,9,22H,8H2,1H3,(H,16,20)(H2,17,18,19). The van der Waals surface area contributed by atoms with Crippen molar-refractivity contribution in [2.24, 2.45) is 0 Å². The number of aromatic amines is 1. The van der Waals surface area contributed by atoms with Gasteiger partial charge >= 0.3 is 5.69 Å². The molecule has 9 heteroatoms. The number of nitrogens with one attached hydrogen (secondary N) is 3. The van der Waals surface area contributed by atoms with Gasteiger partial charge in [-0.05, 0) is 31.2 Å². The van der Waals surface area contributed by atoms with E-state index < -0.39 is 4.92 Å². The molecule has 0 bridgehead atoms.